The van der Waals surface area contributed by atoms with Crippen LogP contribution in [0.3, 0.4) is 0 Å². The summed E-state index contributed by atoms with van der Waals surface area (Å²) in [5, 5.41) is 0. The lowest BCUT2D eigenvalue weighted by molar-refractivity contribution is 0.163. The van der Waals surface area contributed by atoms with Gasteiger partial charge in [0.15, 0.2) is 0 Å². The standard InChI is InChI=1S/C15H19N3O2/c1-3-18-14(19)17-13(16)15(18)8-4-5-10-6-7-11(20-2)9-12(10)15/h6-7,9H,3-5,8H2,1-2H3,(H2,16,17,19). The molecule has 20 heavy (non-hydrogen) atoms. The fourth-order valence-corrected chi connectivity index (χ4v) is 3.46. The summed E-state index contributed by atoms with van der Waals surface area (Å²) in [7, 11) is 1.64. The van der Waals surface area contributed by atoms with Crippen LogP contribution in [-0.2, 0) is 12.0 Å². The molecule has 1 unspecified atom stereocenters. The van der Waals surface area contributed by atoms with Crippen molar-refractivity contribution >= 4 is 11.9 Å². The summed E-state index contributed by atoms with van der Waals surface area (Å²) in [5.74, 6) is 1.20. The van der Waals surface area contributed by atoms with E-state index in [0.717, 1.165) is 30.6 Å². The molecule has 0 aromatic heterocycles. The topological polar surface area (TPSA) is 67.9 Å². The Kier molecular flexibility index (Phi) is 2.92. The van der Waals surface area contributed by atoms with Gasteiger partial charge in [0.05, 0.1) is 7.11 Å². The number of nitrogens with zero attached hydrogens (tertiary/aromatic N) is 2. The van der Waals surface area contributed by atoms with Crippen LogP contribution in [0.1, 0.15) is 30.9 Å². The SMILES string of the molecule is CCN1C(=O)N=C(N)C12CCCc1ccc(OC)cc12. The highest BCUT2D eigenvalue weighted by Crippen LogP contribution is 2.44. The van der Waals surface area contributed by atoms with E-state index >= 15 is 0 Å². The molecule has 5 nitrogen and oxygen atoms in total. The van der Waals surface area contributed by atoms with Gasteiger partial charge in [-0.3, -0.25) is 0 Å². The average Bonchev–Trinajstić information content (AvgIpc) is 2.70. The van der Waals surface area contributed by atoms with E-state index in [4.69, 9.17) is 10.5 Å². The van der Waals surface area contributed by atoms with Crippen molar-refractivity contribution in [1.82, 2.24) is 4.90 Å². The van der Waals surface area contributed by atoms with Crippen LogP contribution in [0.5, 0.6) is 5.75 Å². The highest BCUT2D eigenvalue weighted by molar-refractivity contribution is 6.06. The second-order valence-electron chi connectivity index (χ2n) is 5.26. The summed E-state index contributed by atoms with van der Waals surface area (Å²) < 4.78 is 5.33. The van der Waals surface area contributed by atoms with Gasteiger partial charge in [0.1, 0.15) is 17.1 Å². The van der Waals surface area contributed by atoms with Crippen LogP contribution in [0.15, 0.2) is 23.2 Å². The quantitative estimate of drug-likeness (QED) is 0.896. The maximum Gasteiger partial charge on any atom is 0.346 e. The average molecular weight is 273 g/mol. The molecule has 0 saturated carbocycles. The van der Waals surface area contributed by atoms with Gasteiger partial charge in [-0.15, -0.1) is 0 Å². The van der Waals surface area contributed by atoms with Crippen molar-refractivity contribution in [3.63, 3.8) is 0 Å². The Morgan fingerprint density at radius 2 is 2.30 bits per heavy atom. The van der Waals surface area contributed by atoms with Crippen LogP contribution in [-0.4, -0.2) is 30.4 Å². The number of methoxy groups -OCH3 is 1. The number of nitrogens with two attached hydrogens (primary N) is 1. The zero-order chi connectivity index (χ0) is 14.3. The lowest BCUT2D eigenvalue weighted by atomic mass is 9.75. The molecule has 3 rings (SSSR count). The van der Waals surface area contributed by atoms with Gasteiger partial charge in [0.2, 0.25) is 0 Å². The Labute approximate surface area is 118 Å². The van der Waals surface area contributed by atoms with Gasteiger partial charge >= 0.3 is 6.03 Å². The maximum atomic E-state index is 12.1. The highest BCUT2D eigenvalue weighted by atomic mass is 16.5. The Bertz CT molecular complexity index is 597. The number of ether oxygens (including phenoxy) is 1. The molecule has 1 heterocycles. The van der Waals surface area contributed by atoms with E-state index < -0.39 is 5.54 Å². The van der Waals surface area contributed by atoms with E-state index in [1.54, 1.807) is 12.0 Å². The molecule has 0 saturated heterocycles. The Morgan fingerprint density at radius 1 is 1.50 bits per heavy atom. The van der Waals surface area contributed by atoms with Crippen LogP contribution in [0.4, 0.5) is 4.79 Å². The number of urea groups is 1. The second kappa shape index (κ2) is 4.51. The van der Waals surface area contributed by atoms with Crippen molar-refractivity contribution in [2.75, 3.05) is 13.7 Å². The molecule has 2 N–H and O–H groups in total. The van der Waals surface area contributed by atoms with E-state index in [2.05, 4.69) is 11.1 Å². The minimum atomic E-state index is -0.575. The highest BCUT2D eigenvalue weighted by Gasteiger charge is 2.51. The number of aryl methyl sites for hydroxylation is 1. The molecule has 2 amide bonds. The molecule has 0 radical (unpaired) electrons. The van der Waals surface area contributed by atoms with E-state index in [-0.39, 0.29) is 6.03 Å². The molecule has 1 aromatic carbocycles. The van der Waals surface area contributed by atoms with Gasteiger partial charge in [0, 0.05) is 6.54 Å². The number of hydrogen-bond donors (Lipinski definition) is 1. The first-order valence-corrected chi connectivity index (χ1v) is 6.97. The van der Waals surface area contributed by atoms with Crippen LogP contribution >= 0.6 is 0 Å². The molecule has 0 fully saturated rings. The molecule has 1 spiro atoms. The Morgan fingerprint density at radius 3 is 3.00 bits per heavy atom. The third kappa shape index (κ3) is 1.55. The number of hydrogen-bond acceptors (Lipinski definition) is 3. The fourth-order valence-electron chi connectivity index (χ4n) is 3.46. The predicted octanol–water partition coefficient (Wildman–Crippen LogP) is 2.04. The fraction of sp³-hybridized carbons (Fsp3) is 0.467. The van der Waals surface area contributed by atoms with Crippen LogP contribution in [0, 0.1) is 0 Å². The Hall–Kier alpha value is -2.04. The van der Waals surface area contributed by atoms with Crippen molar-refractivity contribution < 1.29 is 9.53 Å². The maximum absolute atomic E-state index is 12.1. The summed E-state index contributed by atoms with van der Waals surface area (Å²) in [5.41, 5.74) is 7.87. The van der Waals surface area contributed by atoms with Crippen LogP contribution in [0.2, 0.25) is 0 Å². The lowest BCUT2D eigenvalue weighted by Gasteiger charge is -2.42. The molecule has 1 atom stereocenters. The molecule has 1 aliphatic carbocycles. The number of aliphatic imine (C=N–C) groups is 1. The largest absolute Gasteiger partial charge is 0.497 e. The summed E-state index contributed by atoms with van der Waals surface area (Å²) in [6, 6.07) is 5.79. The monoisotopic (exact) mass is 273 g/mol. The number of rotatable bonds is 2. The van der Waals surface area contributed by atoms with E-state index in [1.165, 1.54) is 5.56 Å². The summed E-state index contributed by atoms with van der Waals surface area (Å²) in [4.78, 5) is 17.9. The van der Waals surface area contributed by atoms with Crippen molar-refractivity contribution in [3.8, 4) is 5.75 Å². The number of benzene rings is 1. The van der Waals surface area contributed by atoms with E-state index in [0.29, 0.717) is 12.4 Å². The van der Waals surface area contributed by atoms with Gasteiger partial charge in [0.25, 0.3) is 0 Å². The van der Waals surface area contributed by atoms with E-state index in [1.807, 2.05) is 19.1 Å². The normalized spacial score (nSPS) is 24.8. The molecule has 2 aliphatic rings. The minimum absolute atomic E-state index is 0.235. The third-order valence-corrected chi connectivity index (χ3v) is 4.40. The van der Waals surface area contributed by atoms with Crippen LogP contribution in [0.25, 0.3) is 0 Å². The summed E-state index contributed by atoms with van der Waals surface area (Å²) in [6.07, 6.45) is 2.82. The molecule has 106 valence electrons. The molecular formula is C15H19N3O2. The molecule has 0 bridgehead atoms. The van der Waals surface area contributed by atoms with Gasteiger partial charge in [-0.1, -0.05) is 6.07 Å². The zero-order valence-corrected chi connectivity index (χ0v) is 11.8. The first kappa shape index (κ1) is 13.0. The molecule has 1 aromatic rings. The van der Waals surface area contributed by atoms with Crippen molar-refractivity contribution in [2.45, 2.75) is 31.7 Å². The van der Waals surface area contributed by atoms with Crippen LogP contribution < -0.4 is 10.5 Å². The van der Waals surface area contributed by atoms with Crippen molar-refractivity contribution in [3.05, 3.63) is 29.3 Å². The number of carbonyl (C=O) groups is 1. The number of amidine groups is 1. The van der Waals surface area contributed by atoms with Gasteiger partial charge in [-0.2, -0.15) is 4.99 Å². The zero-order valence-electron chi connectivity index (χ0n) is 11.8. The number of likely N-dealkylation sites (N-methyl/N-ethyl adjacent to an activating group) is 1. The first-order valence-electron chi connectivity index (χ1n) is 6.97. The molecular weight excluding hydrogens is 254 g/mol. The Balaban J connectivity index is 2.21. The predicted molar refractivity (Wildman–Crippen MR) is 77.0 cm³/mol. The number of amides is 2. The smallest absolute Gasteiger partial charge is 0.346 e. The lowest BCUT2D eigenvalue weighted by Crippen LogP contribution is -2.53. The summed E-state index contributed by atoms with van der Waals surface area (Å²) >= 11 is 0. The number of carbonyl (C=O) groups excluding carboxylic acids is 1. The second-order valence-corrected chi connectivity index (χ2v) is 5.26. The van der Waals surface area contributed by atoms with Gasteiger partial charge in [-0.05, 0) is 49.4 Å². The third-order valence-electron chi connectivity index (χ3n) is 4.40. The van der Waals surface area contributed by atoms with Crippen molar-refractivity contribution in [1.29, 1.82) is 0 Å². The molecule has 1 aliphatic heterocycles. The van der Waals surface area contributed by atoms with Gasteiger partial charge in [-0.25, -0.2) is 4.79 Å². The van der Waals surface area contributed by atoms with Crippen molar-refractivity contribution in [2.24, 2.45) is 10.7 Å². The summed E-state index contributed by atoms with van der Waals surface area (Å²) in [6.45, 7) is 2.56. The number of fused-ring (bicyclic) bond motifs is 2. The minimum Gasteiger partial charge on any atom is -0.497 e. The molecule has 5 heteroatoms. The van der Waals surface area contributed by atoms with E-state index in [9.17, 15) is 4.79 Å². The van der Waals surface area contributed by atoms with Gasteiger partial charge < -0.3 is 15.4 Å². The first-order chi connectivity index (χ1) is 9.63.